The Labute approximate surface area is 208 Å². The van der Waals surface area contributed by atoms with E-state index in [0.717, 1.165) is 57.2 Å². The van der Waals surface area contributed by atoms with Crippen LogP contribution in [0.4, 0.5) is 0 Å². The molecule has 186 valence electrons. The maximum absolute atomic E-state index is 13.6. The standard InChI is InChI=1S/C24H32ClN3O4S2/c25-21-7-5-20(6-8-21)18-28(22-3-1-2-4-22)34(31,32)24-11-9-23(10-12-24)33(29,30)27-17-19-13-15-26-16-14-19/h5-12,19,22,26-27H,1-4,13-18H2. The van der Waals surface area contributed by atoms with E-state index in [2.05, 4.69) is 10.0 Å². The molecular weight excluding hydrogens is 494 g/mol. The molecule has 0 aromatic heterocycles. The smallest absolute Gasteiger partial charge is 0.243 e. The number of piperidine rings is 1. The van der Waals surface area contributed by atoms with Crippen LogP contribution in [0.15, 0.2) is 58.3 Å². The summed E-state index contributed by atoms with van der Waals surface area (Å²) < 4.78 is 57.0. The Morgan fingerprint density at radius 3 is 2.06 bits per heavy atom. The van der Waals surface area contributed by atoms with Crippen molar-refractivity contribution in [2.75, 3.05) is 19.6 Å². The van der Waals surface area contributed by atoms with Crippen molar-refractivity contribution >= 4 is 31.6 Å². The van der Waals surface area contributed by atoms with Crippen LogP contribution in [0, 0.1) is 5.92 Å². The fourth-order valence-corrected chi connectivity index (χ4v) is 7.61. The molecular formula is C24H32ClN3O4S2. The van der Waals surface area contributed by atoms with Gasteiger partial charge < -0.3 is 5.32 Å². The summed E-state index contributed by atoms with van der Waals surface area (Å²) in [6.45, 7) is 2.43. The van der Waals surface area contributed by atoms with Crippen LogP contribution in [0.3, 0.4) is 0 Å². The van der Waals surface area contributed by atoms with E-state index in [1.165, 1.54) is 24.3 Å². The highest BCUT2D eigenvalue weighted by atomic mass is 35.5. The summed E-state index contributed by atoms with van der Waals surface area (Å²) in [6, 6.07) is 12.7. The van der Waals surface area contributed by atoms with Crippen LogP contribution in [0.5, 0.6) is 0 Å². The Balaban J connectivity index is 1.51. The van der Waals surface area contributed by atoms with Gasteiger partial charge in [0.25, 0.3) is 0 Å². The van der Waals surface area contributed by atoms with Crippen molar-refractivity contribution in [3.63, 3.8) is 0 Å². The lowest BCUT2D eigenvalue weighted by molar-refractivity contribution is 0.316. The van der Waals surface area contributed by atoms with E-state index in [1.54, 1.807) is 16.4 Å². The van der Waals surface area contributed by atoms with E-state index < -0.39 is 20.0 Å². The second kappa shape index (κ2) is 11.1. The molecule has 2 fully saturated rings. The van der Waals surface area contributed by atoms with Gasteiger partial charge in [0.2, 0.25) is 20.0 Å². The maximum Gasteiger partial charge on any atom is 0.243 e. The van der Waals surface area contributed by atoms with Crippen LogP contribution in [-0.4, -0.2) is 46.8 Å². The normalized spacial score (nSPS) is 18.5. The van der Waals surface area contributed by atoms with Gasteiger partial charge in [0.15, 0.2) is 0 Å². The molecule has 10 heteroatoms. The molecule has 2 N–H and O–H groups in total. The third-order valence-corrected chi connectivity index (χ3v) is 10.3. The van der Waals surface area contributed by atoms with E-state index in [9.17, 15) is 16.8 Å². The minimum absolute atomic E-state index is 0.0734. The minimum atomic E-state index is -3.81. The number of nitrogens with zero attached hydrogens (tertiary/aromatic N) is 1. The predicted molar refractivity (Wildman–Crippen MR) is 134 cm³/mol. The number of hydrogen-bond donors (Lipinski definition) is 2. The Kier molecular flexibility index (Phi) is 8.32. The number of hydrogen-bond acceptors (Lipinski definition) is 5. The molecule has 4 rings (SSSR count). The molecule has 0 atom stereocenters. The first-order valence-corrected chi connectivity index (χ1v) is 15.1. The summed E-state index contributed by atoms with van der Waals surface area (Å²) in [6.07, 6.45) is 5.50. The van der Waals surface area contributed by atoms with Gasteiger partial charge in [-0.3, -0.25) is 0 Å². The van der Waals surface area contributed by atoms with E-state index in [0.29, 0.717) is 17.5 Å². The summed E-state index contributed by atoms with van der Waals surface area (Å²) in [5.41, 5.74) is 0.862. The summed E-state index contributed by atoms with van der Waals surface area (Å²) in [5, 5.41) is 3.87. The molecule has 0 bridgehead atoms. The number of halogens is 1. The SMILES string of the molecule is O=S(=O)(NCC1CCNCC1)c1ccc(S(=O)(=O)N(Cc2ccc(Cl)cc2)C2CCCC2)cc1. The Bertz CT molecular complexity index is 1160. The van der Waals surface area contributed by atoms with Crippen LogP contribution in [0.25, 0.3) is 0 Å². The molecule has 2 aromatic rings. The fourth-order valence-electron chi connectivity index (χ4n) is 4.70. The number of nitrogens with one attached hydrogen (secondary N) is 2. The van der Waals surface area contributed by atoms with Gasteiger partial charge in [0.1, 0.15) is 0 Å². The quantitative estimate of drug-likeness (QED) is 0.520. The second-order valence-electron chi connectivity index (χ2n) is 9.13. The van der Waals surface area contributed by atoms with Gasteiger partial charge in [-0.05, 0) is 86.7 Å². The first-order chi connectivity index (χ1) is 16.3. The van der Waals surface area contributed by atoms with Crippen LogP contribution in [-0.2, 0) is 26.6 Å². The monoisotopic (exact) mass is 525 g/mol. The first kappa shape index (κ1) is 25.6. The van der Waals surface area contributed by atoms with Crippen molar-refractivity contribution in [1.82, 2.24) is 14.3 Å². The maximum atomic E-state index is 13.6. The third kappa shape index (κ3) is 6.19. The Morgan fingerprint density at radius 2 is 1.44 bits per heavy atom. The summed E-state index contributed by atoms with van der Waals surface area (Å²) in [4.78, 5) is 0.177. The van der Waals surface area contributed by atoms with Crippen LogP contribution >= 0.6 is 11.6 Å². The summed E-state index contributed by atoms with van der Waals surface area (Å²) in [7, 11) is -7.51. The second-order valence-corrected chi connectivity index (χ2v) is 13.2. The molecule has 7 nitrogen and oxygen atoms in total. The van der Waals surface area contributed by atoms with E-state index in [4.69, 9.17) is 11.6 Å². The number of sulfonamides is 2. The van der Waals surface area contributed by atoms with E-state index >= 15 is 0 Å². The van der Waals surface area contributed by atoms with Gasteiger partial charge >= 0.3 is 0 Å². The molecule has 0 amide bonds. The van der Waals surface area contributed by atoms with Crippen molar-refractivity contribution in [2.45, 2.75) is 60.9 Å². The number of rotatable bonds is 9. The zero-order valence-electron chi connectivity index (χ0n) is 19.1. The largest absolute Gasteiger partial charge is 0.317 e. The van der Waals surface area contributed by atoms with Crippen molar-refractivity contribution in [3.05, 3.63) is 59.1 Å². The summed E-state index contributed by atoms with van der Waals surface area (Å²) >= 11 is 5.99. The molecule has 0 radical (unpaired) electrons. The zero-order valence-corrected chi connectivity index (χ0v) is 21.5. The molecule has 1 aliphatic heterocycles. The number of benzene rings is 2. The molecule has 2 aliphatic rings. The van der Waals surface area contributed by atoms with Crippen molar-refractivity contribution in [3.8, 4) is 0 Å². The molecule has 1 saturated carbocycles. The van der Waals surface area contributed by atoms with Gasteiger partial charge in [0, 0.05) is 24.2 Å². The third-order valence-electron chi connectivity index (χ3n) is 6.75. The molecule has 2 aromatic carbocycles. The van der Waals surface area contributed by atoms with Crippen LogP contribution in [0.2, 0.25) is 5.02 Å². The van der Waals surface area contributed by atoms with Crippen molar-refractivity contribution in [1.29, 1.82) is 0 Å². The average molecular weight is 526 g/mol. The van der Waals surface area contributed by atoms with Crippen molar-refractivity contribution in [2.24, 2.45) is 5.92 Å². The van der Waals surface area contributed by atoms with Gasteiger partial charge in [-0.15, -0.1) is 0 Å². The molecule has 0 spiro atoms. The van der Waals surface area contributed by atoms with Gasteiger partial charge in [-0.25, -0.2) is 21.6 Å². The van der Waals surface area contributed by atoms with E-state index in [-0.39, 0.29) is 22.4 Å². The first-order valence-electron chi connectivity index (χ1n) is 11.8. The molecule has 1 aliphatic carbocycles. The van der Waals surface area contributed by atoms with Crippen molar-refractivity contribution < 1.29 is 16.8 Å². The highest BCUT2D eigenvalue weighted by molar-refractivity contribution is 7.89. The molecule has 0 unspecified atom stereocenters. The molecule has 1 heterocycles. The van der Waals surface area contributed by atoms with Gasteiger partial charge in [0.05, 0.1) is 9.79 Å². The van der Waals surface area contributed by atoms with Gasteiger partial charge in [-0.2, -0.15) is 4.31 Å². The summed E-state index contributed by atoms with van der Waals surface area (Å²) in [5.74, 6) is 0.309. The molecule has 1 saturated heterocycles. The Morgan fingerprint density at radius 1 is 0.853 bits per heavy atom. The topological polar surface area (TPSA) is 95.6 Å². The average Bonchev–Trinajstić information content (AvgIpc) is 3.37. The highest BCUT2D eigenvalue weighted by Gasteiger charge is 2.33. The molecule has 34 heavy (non-hydrogen) atoms. The highest BCUT2D eigenvalue weighted by Crippen LogP contribution is 2.31. The zero-order chi connectivity index (χ0) is 24.2. The van der Waals surface area contributed by atoms with Crippen LogP contribution < -0.4 is 10.0 Å². The predicted octanol–water partition coefficient (Wildman–Crippen LogP) is 3.75. The lowest BCUT2D eigenvalue weighted by Gasteiger charge is -2.28. The lowest BCUT2D eigenvalue weighted by atomic mass is 9.99. The minimum Gasteiger partial charge on any atom is -0.317 e. The van der Waals surface area contributed by atoms with Crippen LogP contribution in [0.1, 0.15) is 44.1 Å². The fraction of sp³-hybridized carbons (Fsp3) is 0.500. The van der Waals surface area contributed by atoms with Gasteiger partial charge in [-0.1, -0.05) is 36.6 Å². The Hall–Kier alpha value is -1.49. The lowest BCUT2D eigenvalue weighted by Crippen LogP contribution is -2.38. The van der Waals surface area contributed by atoms with E-state index in [1.807, 2.05) is 12.1 Å².